The van der Waals surface area contributed by atoms with Crippen LogP contribution in [-0.2, 0) is 6.54 Å². The summed E-state index contributed by atoms with van der Waals surface area (Å²) in [4.78, 5) is 17.6. The highest BCUT2D eigenvalue weighted by molar-refractivity contribution is 5.99. The maximum absolute atomic E-state index is 13.3. The summed E-state index contributed by atoms with van der Waals surface area (Å²) in [6.45, 7) is 0.391. The molecule has 0 aliphatic heterocycles. The van der Waals surface area contributed by atoms with E-state index >= 15 is 0 Å². The number of para-hydroxylation sites is 1. The van der Waals surface area contributed by atoms with E-state index in [1.807, 2.05) is 6.07 Å². The molecule has 2 aromatic rings. The van der Waals surface area contributed by atoms with Gasteiger partial charge in [-0.25, -0.2) is 4.39 Å². The standard InChI is InChI=1S/C14H14FN3O/c1-18(9-10-4-3-7-17-8-10)14(19)11-5-2-6-12(15)13(11)16/h2-8H,9,16H2,1H3. The molecule has 0 aliphatic carbocycles. The molecule has 0 saturated heterocycles. The molecule has 0 bridgehead atoms. The highest BCUT2D eigenvalue weighted by atomic mass is 19.1. The Morgan fingerprint density at radius 2 is 2.16 bits per heavy atom. The van der Waals surface area contributed by atoms with Gasteiger partial charge in [0.25, 0.3) is 5.91 Å². The van der Waals surface area contributed by atoms with E-state index in [1.54, 1.807) is 25.5 Å². The van der Waals surface area contributed by atoms with Gasteiger partial charge < -0.3 is 10.6 Å². The van der Waals surface area contributed by atoms with Gasteiger partial charge in [-0.05, 0) is 23.8 Å². The fraction of sp³-hybridized carbons (Fsp3) is 0.143. The molecule has 1 amide bonds. The summed E-state index contributed by atoms with van der Waals surface area (Å²) >= 11 is 0. The first-order chi connectivity index (χ1) is 9.09. The number of nitrogens with two attached hydrogens (primary N) is 1. The molecule has 1 aromatic heterocycles. The Morgan fingerprint density at radius 3 is 2.84 bits per heavy atom. The van der Waals surface area contributed by atoms with E-state index in [9.17, 15) is 9.18 Å². The Bertz CT molecular complexity index is 586. The zero-order valence-corrected chi connectivity index (χ0v) is 10.5. The molecule has 0 spiro atoms. The second kappa shape index (κ2) is 5.48. The molecule has 0 fully saturated rings. The lowest BCUT2D eigenvalue weighted by molar-refractivity contribution is 0.0785. The number of aromatic nitrogens is 1. The van der Waals surface area contributed by atoms with Crippen LogP contribution in [0.2, 0.25) is 0 Å². The number of hydrogen-bond donors (Lipinski definition) is 1. The first kappa shape index (κ1) is 13.0. The Morgan fingerprint density at radius 1 is 1.37 bits per heavy atom. The van der Waals surface area contributed by atoms with E-state index in [4.69, 9.17) is 5.73 Å². The van der Waals surface area contributed by atoms with E-state index in [2.05, 4.69) is 4.98 Å². The van der Waals surface area contributed by atoms with Crippen LogP contribution in [0.5, 0.6) is 0 Å². The summed E-state index contributed by atoms with van der Waals surface area (Å²) in [5.74, 6) is -0.901. The first-order valence-corrected chi connectivity index (χ1v) is 5.78. The number of halogens is 1. The number of rotatable bonds is 3. The minimum atomic E-state index is -0.583. The van der Waals surface area contributed by atoms with Crippen molar-refractivity contribution in [2.45, 2.75) is 6.54 Å². The monoisotopic (exact) mass is 259 g/mol. The Kier molecular flexibility index (Phi) is 3.75. The topological polar surface area (TPSA) is 59.2 Å². The molecule has 19 heavy (non-hydrogen) atoms. The molecular weight excluding hydrogens is 245 g/mol. The lowest BCUT2D eigenvalue weighted by atomic mass is 10.1. The Labute approximate surface area is 110 Å². The molecule has 5 heteroatoms. The normalized spacial score (nSPS) is 10.2. The average Bonchev–Trinajstić information content (AvgIpc) is 2.42. The van der Waals surface area contributed by atoms with Gasteiger partial charge in [-0.3, -0.25) is 9.78 Å². The SMILES string of the molecule is CN(Cc1cccnc1)C(=O)c1cccc(F)c1N. The van der Waals surface area contributed by atoms with Crippen molar-refractivity contribution in [2.24, 2.45) is 0 Å². The van der Waals surface area contributed by atoms with Crippen molar-refractivity contribution in [1.29, 1.82) is 0 Å². The molecule has 4 nitrogen and oxygen atoms in total. The molecule has 1 aromatic carbocycles. The molecule has 98 valence electrons. The van der Waals surface area contributed by atoms with Crippen LogP contribution >= 0.6 is 0 Å². The van der Waals surface area contributed by atoms with Gasteiger partial charge in [0.2, 0.25) is 0 Å². The van der Waals surface area contributed by atoms with Gasteiger partial charge in [0.1, 0.15) is 5.82 Å². The van der Waals surface area contributed by atoms with E-state index in [0.29, 0.717) is 6.54 Å². The number of anilines is 1. The van der Waals surface area contributed by atoms with E-state index in [1.165, 1.54) is 23.1 Å². The molecule has 2 rings (SSSR count). The Hall–Kier alpha value is -2.43. The second-order valence-electron chi connectivity index (χ2n) is 4.22. The van der Waals surface area contributed by atoms with Crippen LogP contribution in [0.25, 0.3) is 0 Å². The van der Waals surface area contributed by atoms with Crippen molar-refractivity contribution in [3.8, 4) is 0 Å². The summed E-state index contributed by atoms with van der Waals surface area (Å²) < 4.78 is 13.3. The molecule has 2 N–H and O–H groups in total. The van der Waals surface area contributed by atoms with E-state index in [-0.39, 0.29) is 17.2 Å². The predicted molar refractivity (Wildman–Crippen MR) is 70.8 cm³/mol. The number of amides is 1. The zero-order valence-electron chi connectivity index (χ0n) is 10.5. The van der Waals surface area contributed by atoms with Crippen LogP contribution < -0.4 is 5.73 Å². The van der Waals surface area contributed by atoms with Crippen LogP contribution in [0.1, 0.15) is 15.9 Å². The van der Waals surface area contributed by atoms with Crippen LogP contribution in [0.4, 0.5) is 10.1 Å². The van der Waals surface area contributed by atoms with Crippen LogP contribution in [0, 0.1) is 5.82 Å². The predicted octanol–water partition coefficient (Wildman–Crippen LogP) is 2.08. The highest BCUT2D eigenvalue weighted by Crippen LogP contribution is 2.18. The van der Waals surface area contributed by atoms with Crippen molar-refractivity contribution < 1.29 is 9.18 Å². The third-order valence-electron chi connectivity index (χ3n) is 2.77. The number of hydrogen-bond acceptors (Lipinski definition) is 3. The van der Waals surface area contributed by atoms with Crippen LogP contribution in [-0.4, -0.2) is 22.8 Å². The van der Waals surface area contributed by atoms with Gasteiger partial charge >= 0.3 is 0 Å². The van der Waals surface area contributed by atoms with E-state index in [0.717, 1.165) is 5.56 Å². The third kappa shape index (κ3) is 2.88. The van der Waals surface area contributed by atoms with Crippen molar-refractivity contribution in [3.05, 3.63) is 59.7 Å². The van der Waals surface area contributed by atoms with Crippen LogP contribution in [0.3, 0.4) is 0 Å². The molecule has 1 heterocycles. The van der Waals surface area contributed by atoms with Gasteiger partial charge in [0, 0.05) is 26.0 Å². The average molecular weight is 259 g/mol. The number of nitrogen functional groups attached to an aromatic ring is 1. The van der Waals surface area contributed by atoms with E-state index < -0.39 is 5.82 Å². The quantitative estimate of drug-likeness (QED) is 0.858. The highest BCUT2D eigenvalue weighted by Gasteiger charge is 2.16. The lowest BCUT2D eigenvalue weighted by Crippen LogP contribution is -2.27. The van der Waals surface area contributed by atoms with Gasteiger partial charge in [-0.2, -0.15) is 0 Å². The van der Waals surface area contributed by atoms with Gasteiger partial charge in [-0.1, -0.05) is 12.1 Å². The largest absolute Gasteiger partial charge is 0.396 e. The number of carbonyl (C=O) groups is 1. The summed E-state index contributed by atoms with van der Waals surface area (Å²) in [6, 6.07) is 7.88. The van der Waals surface area contributed by atoms with Gasteiger partial charge in [0.15, 0.2) is 0 Å². The summed E-state index contributed by atoms with van der Waals surface area (Å²) in [6.07, 6.45) is 3.34. The van der Waals surface area contributed by atoms with Gasteiger partial charge in [0.05, 0.1) is 11.3 Å². The minimum absolute atomic E-state index is 0.120. The Balaban J connectivity index is 2.18. The smallest absolute Gasteiger partial charge is 0.256 e. The van der Waals surface area contributed by atoms with Crippen molar-refractivity contribution in [1.82, 2.24) is 9.88 Å². The van der Waals surface area contributed by atoms with Crippen molar-refractivity contribution in [2.75, 3.05) is 12.8 Å². The fourth-order valence-electron chi connectivity index (χ4n) is 1.77. The maximum Gasteiger partial charge on any atom is 0.256 e. The molecular formula is C14H14FN3O. The maximum atomic E-state index is 13.3. The van der Waals surface area contributed by atoms with Gasteiger partial charge in [-0.15, -0.1) is 0 Å². The summed E-state index contributed by atoms with van der Waals surface area (Å²) in [5.41, 5.74) is 6.53. The number of carbonyl (C=O) groups excluding carboxylic acids is 1. The molecule has 0 unspecified atom stereocenters. The fourth-order valence-corrected chi connectivity index (χ4v) is 1.77. The molecule has 0 radical (unpaired) electrons. The second-order valence-corrected chi connectivity index (χ2v) is 4.22. The summed E-state index contributed by atoms with van der Waals surface area (Å²) in [5, 5.41) is 0. The first-order valence-electron chi connectivity index (χ1n) is 5.78. The van der Waals surface area contributed by atoms with Crippen molar-refractivity contribution in [3.63, 3.8) is 0 Å². The molecule has 0 aliphatic rings. The van der Waals surface area contributed by atoms with Crippen LogP contribution in [0.15, 0.2) is 42.7 Å². The van der Waals surface area contributed by atoms with Crippen molar-refractivity contribution >= 4 is 11.6 Å². The molecule has 0 atom stereocenters. The zero-order chi connectivity index (χ0) is 13.8. The molecule has 0 saturated carbocycles. The number of pyridine rings is 1. The summed E-state index contributed by atoms with van der Waals surface area (Å²) in [7, 11) is 1.64. The lowest BCUT2D eigenvalue weighted by Gasteiger charge is -2.18. The number of nitrogens with zero attached hydrogens (tertiary/aromatic N) is 2. The third-order valence-corrected chi connectivity index (χ3v) is 2.77. The minimum Gasteiger partial charge on any atom is -0.396 e. The number of benzene rings is 1.